The lowest BCUT2D eigenvalue weighted by atomic mass is 9.89. The molecular formula is C13H21N3O. The Balaban J connectivity index is 2.22. The van der Waals surface area contributed by atoms with Gasteiger partial charge in [0, 0.05) is 25.6 Å². The van der Waals surface area contributed by atoms with Crippen molar-refractivity contribution in [1.29, 1.82) is 0 Å². The highest BCUT2D eigenvalue weighted by molar-refractivity contribution is 5.38. The average molecular weight is 235 g/mol. The molecule has 1 aromatic rings. The second kappa shape index (κ2) is 4.90. The second-order valence-corrected chi connectivity index (χ2v) is 5.09. The van der Waals surface area contributed by atoms with E-state index in [4.69, 9.17) is 0 Å². The zero-order valence-electron chi connectivity index (χ0n) is 10.9. The van der Waals surface area contributed by atoms with Crippen LogP contribution in [0.15, 0.2) is 10.9 Å². The highest BCUT2D eigenvalue weighted by atomic mass is 16.1. The number of anilines is 1. The Bertz CT molecular complexity index is 441. The second-order valence-electron chi connectivity index (χ2n) is 5.09. The molecule has 0 bridgehead atoms. The van der Waals surface area contributed by atoms with Gasteiger partial charge in [0.05, 0.1) is 0 Å². The Morgan fingerprint density at radius 2 is 2.24 bits per heavy atom. The van der Waals surface area contributed by atoms with Gasteiger partial charge in [-0.15, -0.1) is 0 Å². The van der Waals surface area contributed by atoms with Crippen LogP contribution in [0, 0.1) is 11.8 Å². The molecule has 0 saturated carbocycles. The molecule has 1 aliphatic rings. The molecule has 2 rings (SSSR count). The fraction of sp³-hybridized carbons (Fsp3) is 0.692. The fourth-order valence-electron chi connectivity index (χ4n) is 2.29. The van der Waals surface area contributed by atoms with Crippen molar-refractivity contribution in [3.8, 4) is 0 Å². The van der Waals surface area contributed by atoms with Crippen LogP contribution in [-0.2, 0) is 6.42 Å². The van der Waals surface area contributed by atoms with Gasteiger partial charge in [0.2, 0.25) is 0 Å². The molecular weight excluding hydrogens is 214 g/mol. The van der Waals surface area contributed by atoms with E-state index in [1.165, 1.54) is 6.42 Å². The third-order valence-electron chi connectivity index (χ3n) is 3.77. The molecule has 0 amide bonds. The third-order valence-corrected chi connectivity index (χ3v) is 3.77. The highest BCUT2D eigenvalue weighted by Gasteiger charge is 2.23. The minimum absolute atomic E-state index is 0.0434. The minimum Gasteiger partial charge on any atom is -0.356 e. The quantitative estimate of drug-likeness (QED) is 0.850. The summed E-state index contributed by atoms with van der Waals surface area (Å²) in [4.78, 5) is 21.0. The van der Waals surface area contributed by atoms with Gasteiger partial charge in [0.1, 0.15) is 11.6 Å². The van der Waals surface area contributed by atoms with E-state index in [0.29, 0.717) is 5.92 Å². The summed E-state index contributed by atoms with van der Waals surface area (Å²) in [5.41, 5.74) is -0.0434. The minimum atomic E-state index is -0.0434. The number of piperidine rings is 1. The van der Waals surface area contributed by atoms with Crippen LogP contribution in [-0.4, -0.2) is 23.1 Å². The summed E-state index contributed by atoms with van der Waals surface area (Å²) in [7, 11) is 0. The lowest BCUT2D eigenvalue weighted by Gasteiger charge is -2.36. The predicted octanol–water partition coefficient (Wildman–Crippen LogP) is 1.81. The lowest BCUT2D eigenvalue weighted by molar-refractivity contribution is 0.322. The van der Waals surface area contributed by atoms with Gasteiger partial charge < -0.3 is 9.88 Å². The van der Waals surface area contributed by atoms with Crippen LogP contribution in [0.5, 0.6) is 0 Å². The molecule has 2 atom stereocenters. The first-order chi connectivity index (χ1) is 8.10. The van der Waals surface area contributed by atoms with Crippen LogP contribution >= 0.6 is 0 Å². The van der Waals surface area contributed by atoms with Gasteiger partial charge >= 0.3 is 0 Å². The van der Waals surface area contributed by atoms with Crippen molar-refractivity contribution >= 4 is 5.82 Å². The standard InChI is InChI=1S/C13H21N3O/c1-4-11-14-12(7-13(17)15-11)16-6-5-9(2)10(3)8-16/h7,9-10H,4-6,8H2,1-3H3,(H,14,15,17). The van der Waals surface area contributed by atoms with Crippen LogP contribution in [0.3, 0.4) is 0 Å². The van der Waals surface area contributed by atoms with Crippen molar-refractivity contribution in [3.05, 3.63) is 22.2 Å². The van der Waals surface area contributed by atoms with E-state index in [2.05, 4.69) is 28.7 Å². The fourth-order valence-corrected chi connectivity index (χ4v) is 2.29. The Labute approximate surface area is 102 Å². The van der Waals surface area contributed by atoms with E-state index in [1.54, 1.807) is 6.07 Å². The molecule has 2 heterocycles. The number of hydrogen-bond acceptors (Lipinski definition) is 3. The van der Waals surface area contributed by atoms with Crippen molar-refractivity contribution in [2.75, 3.05) is 18.0 Å². The zero-order valence-corrected chi connectivity index (χ0v) is 10.9. The largest absolute Gasteiger partial charge is 0.356 e. The summed E-state index contributed by atoms with van der Waals surface area (Å²) in [6.45, 7) is 8.57. The van der Waals surface area contributed by atoms with Crippen LogP contribution in [0.2, 0.25) is 0 Å². The van der Waals surface area contributed by atoms with Crippen LogP contribution in [0.25, 0.3) is 0 Å². The Kier molecular flexibility index (Phi) is 3.50. The van der Waals surface area contributed by atoms with Crippen molar-refractivity contribution < 1.29 is 0 Å². The van der Waals surface area contributed by atoms with Gasteiger partial charge in [-0.2, -0.15) is 0 Å². The lowest BCUT2D eigenvalue weighted by Crippen LogP contribution is -2.39. The molecule has 4 heteroatoms. The van der Waals surface area contributed by atoms with Gasteiger partial charge in [0.15, 0.2) is 0 Å². The summed E-state index contributed by atoms with van der Waals surface area (Å²) in [5, 5.41) is 0. The van der Waals surface area contributed by atoms with Crippen LogP contribution in [0.1, 0.15) is 33.0 Å². The number of nitrogens with zero attached hydrogens (tertiary/aromatic N) is 2. The van der Waals surface area contributed by atoms with E-state index in [0.717, 1.165) is 37.1 Å². The molecule has 1 aliphatic heterocycles. The van der Waals surface area contributed by atoms with E-state index in [-0.39, 0.29) is 5.56 Å². The maximum Gasteiger partial charge on any atom is 0.252 e. The molecule has 1 fully saturated rings. The Morgan fingerprint density at radius 3 is 2.88 bits per heavy atom. The average Bonchev–Trinajstić information content (AvgIpc) is 2.32. The van der Waals surface area contributed by atoms with Gasteiger partial charge in [-0.1, -0.05) is 20.8 Å². The first-order valence-corrected chi connectivity index (χ1v) is 6.45. The molecule has 4 nitrogen and oxygen atoms in total. The molecule has 94 valence electrons. The molecule has 2 unspecified atom stereocenters. The normalized spacial score (nSPS) is 25.0. The maximum atomic E-state index is 11.5. The van der Waals surface area contributed by atoms with Gasteiger partial charge in [0.25, 0.3) is 5.56 Å². The summed E-state index contributed by atoms with van der Waals surface area (Å²) >= 11 is 0. The molecule has 1 saturated heterocycles. The summed E-state index contributed by atoms with van der Waals surface area (Å²) < 4.78 is 0. The molecule has 0 spiro atoms. The zero-order chi connectivity index (χ0) is 12.4. The van der Waals surface area contributed by atoms with Crippen molar-refractivity contribution in [3.63, 3.8) is 0 Å². The summed E-state index contributed by atoms with van der Waals surface area (Å²) in [5.74, 6) is 3.04. The van der Waals surface area contributed by atoms with Crippen molar-refractivity contribution in [2.45, 2.75) is 33.6 Å². The highest BCUT2D eigenvalue weighted by Crippen LogP contribution is 2.25. The van der Waals surface area contributed by atoms with Gasteiger partial charge in [-0.05, 0) is 18.3 Å². The molecule has 0 aliphatic carbocycles. The topological polar surface area (TPSA) is 49.0 Å². The van der Waals surface area contributed by atoms with E-state index in [9.17, 15) is 4.79 Å². The molecule has 1 N–H and O–H groups in total. The molecule has 0 radical (unpaired) electrons. The third kappa shape index (κ3) is 2.68. The number of aryl methyl sites for hydroxylation is 1. The Hall–Kier alpha value is -1.32. The summed E-state index contributed by atoms with van der Waals surface area (Å²) in [6, 6.07) is 1.61. The maximum absolute atomic E-state index is 11.5. The number of H-pyrrole nitrogens is 1. The monoisotopic (exact) mass is 235 g/mol. The van der Waals surface area contributed by atoms with Gasteiger partial charge in [-0.25, -0.2) is 4.98 Å². The number of aromatic nitrogens is 2. The number of aromatic amines is 1. The predicted molar refractivity (Wildman–Crippen MR) is 69.4 cm³/mol. The summed E-state index contributed by atoms with van der Waals surface area (Å²) in [6.07, 6.45) is 1.94. The van der Waals surface area contributed by atoms with E-state index >= 15 is 0 Å². The molecule has 17 heavy (non-hydrogen) atoms. The van der Waals surface area contributed by atoms with Crippen molar-refractivity contribution in [1.82, 2.24) is 9.97 Å². The first-order valence-electron chi connectivity index (χ1n) is 6.45. The van der Waals surface area contributed by atoms with Crippen LogP contribution < -0.4 is 10.5 Å². The first kappa shape index (κ1) is 12.1. The molecule has 1 aromatic heterocycles. The number of nitrogens with one attached hydrogen (secondary N) is 1. The smallest absolute Gasteiger partial charge is 0.252 e. The number of rotatable bonds is 2. The SMILES string of the molecule is CCc1nc(N2CCC(C)C(C)C2)cc(=O)[nH]1. The van der Waals surface area contributed by atoms with E-state index < -0.39 is 0 Å². The van der Waals surface area contributed by atoms with Crippen molar-refractivity contribution in [2.24, 2.45) is 11.8 Å². The Morgan fingerprint density at radius 1 is 1.47 bits per heavy atom. The van der Waals surface area contributed by atoms with Crippen LogP contribution in [0.4, 0.5) is 5.82 Å². The van der Waals surface area contributed by atoms with Gasteiger partial charge in [-0.3, -0.25) is 4.79 Å². The molecule has 0 aromatic carbocycles. The van der Waals surface area contributed by atoms with E-state index in [1.807, 2.05) is 6.92 Å². The number of hydrogen-bond donors (Lipinski definition) is 1.